The summed E-state index contributed by atoms with van der Waals surface area (Å²) in [6, 6.07) is 7.29. The van der Waals surface area contributed by atoms with E-state index < -0.39 is 40.0 Å². The lowest BCUT2D eigenvalue weighted by Crippen LogP contribution is -2.71. The minimum absolute atomic E-state index is 0.260. The molecule has 9 heteroatoms. The van der Waals surface area contributed by atoms with Crippen molar-refractivity contribution in [1.82, 2.24) is 15.4 Å². The molecule has 2 amide bonds. The summed E-state index contributed by atoms with van der Waals surface area (Å²) in [5.74, 6) is -1.86. The molecule has 0 bridgehead atoms. The normalized spacial score (nSPS) is 25.2. The molecule has 2 aromatic rings. The highest BCUT2D eigenvalue weighted by Gasteiger charge is 2.62. The van der Waals surface area contributed by atoms with E-state index in [1.165, 1.54) is 16.7 Å². The third-order valence-electron chi connectivity index (χ3n) is 5.09. The van der Waals surface area contributed by atoms with Crippen LogP contribution in [0.4, 0.5) is 0 Å². The number of nitrogens with one attached hydrogen (secondary N) is 1. The lowest BCUT2D eigenvalue weighted by Gasteiger charge is -2.45. The first kappa shape index (κ1) is 18.5. The number of carbonyl (C=O) groups excluding carboxylic acids is 3. The number of benzene rings is 1. The molecule has 1 aromatic heterocycles. The van der Waals surface area contributed by atoms with Gasteiger partial charge < -0.3 is 24.6 Å². The molecule has 1 aromatic carbocycles. The van der Waals surface area contributed by atoms with Gasteiger partial charge in [0.25, 0.3) is 5.91 Å². The standard InChI is InChI=1S/C19H19N3O5S/c1-9-11(12(21-27-9)10-7-5-4-6-8-10)15(23)20-13-16(24)22-14(18(25)26)19(2,3)28-17(13)22/h4-8,13-14,17H,1-3H3,(H,20,23)(H,25,26)/p-1. The Bertz CT molecular complexity index is 971. The molecule has 0 radical (unpaired) electrons. The zero-order chi connectivity index (χ0) is 20.2. The second kappa shape index (κ2) is 6.37. The summed E-state index contributed by atoms with van der Waals surface area (Å²) in [4.78, 5) is 38.2. The maximum atomic E-state index is 12.9. The topological polar surface area (TPSA) is 116 Å². The Hall–Kier alpha value is -2.81. The van der Waals surface area contributed by atoms with Crippen LogP contribution in [0, 0.1) is 6.92 Å². The van der Waals surface area contributed by atoms with Crippen LogP contribution in [0.5, 0.6) is 0 Å². The first-order valence-electron chi connectivity index (χ1n) is 8.76. The van der Waals surface area contributed by atoms with Gasteiger partial charge in [-0.3, -0.25) is 9.59 Å². The summed E-state index contributed by atoms with van der Waals surface area (Å²) < 4.78 is 4.49. The van der Waals surface area contributed by atoms with Crippen LogP contribution in [-0.2, 0) is 9.59 Å². The molecule has 0 spiro atoms. The van der Waals surface area contributed by atoms with E-state index in [9.17, 15) is 19.5 Å². The number of carboxylic acids is 1. The SMILES string of the molecule is Cc1onc(-c2ccccc2)c1C(=O)NC1C(=O)N2C1SC(C)(C)C2C(=O)[O-]. The number of hydrogen-bond acceptors (Lipinski definition) is 7. The van der Waals surface area contributed by atoms with Crippen molar-refractivity contribution in [2.75, 3.05) is 0 Å². The van der Waals surface area contributed by atoms with Crippen molar-refractivity contribution in [3.63, 3.8) is 0 Å². The molecule has 1 N–H and O–H groups in total. The van der Waals surface area contributed by atoms with Crippen LogP contribution in [-0.4, -0.2) is 50.0 Å². The van der Waals surface area contributed by atoms with Crippen molar-refractivity contribution in [2.24, 2.45) is 0 Å². The molecule has 0 aliphatic carbocycles. The molecule has 3 atom stereocenters. The Balaban J connectivity index is 1.58. The molecule has 28 heavy (non-hydrogen) atoms. The molecule has 4 rings (SSSR count). The fourth-order valence-electron chi connectivity index (χ4n) is 3.77. The van der Waals surface area contributed by atoms with Gasteiger partial charge >= 0.3 is 0 Å². The zero-order valence-corrected chi connectivity index (χ0v) is 16.3. The summed E-state index contributed by atoms with van der Waals surface area (Å²) in [6.45, 7) is 5.13. The molecule has 0 saturated carbocycles. The van der Waals surface area contributed by atoms with Crippen molar-refractivity contribution in [2.45, 2.75) is 43.0 Å². The maximum absolute atomic E-state index is 12.9. The third kappa shape index (κ3) is 2.69. The van der Waals surface area contributed by atoms with Crippen LogP contribution in [0.3, 0.4) is 0 Å². The van der Waals surface area contributed by atoms with Crippen molar-refractivity contribution in [1.29, 1.82) is 0 Å². The van der Waals surface area contributed by atoms with Gasteiger partial charge in [-0.15, -0.1) is 11.8 Å². The van der Waals surface area contributed by atoms with E-state index in [0.717, 1.165) is 5.56 Å². The van der Waals surface area contributed by atoms with E-state index >= 15 is 0 Å². The predicted octanol–water partition coefficient (Wildman–Crippen LogP) is 0.561. The average Bonchev–Trinajstić information content (AvgIpc) is 3.15. The van der Waals surface area contributed by atoms with Gasteiger partial charge in [0, 0.05) is 10.3 Å². The van der Waals surface area contributed by atoms with Crippen LogP contribution in [0.25, 0.3) is 11.3 Å². The first-order valence-corrected chi connectivity index (χ1v) is 9.64. The van der Waals surface area contributed by atoms with Crippen LogP contribution in [0.2, 0.25) is 0 Å². The summed E-state index contributed by atoms with van der Waals surface area (Å²) in [7, 11) is 0. The van der Waals surface area contributed by atoms with Crippen LogP contribution < -0.4 is 10.4 Å². The summed E-state index contributed by atoms with van der Waals surface area (Å²) in [5, 5.41) is 17.7. The fourth-order valence-corrected chi connectivity index (χ4v) is 5.39. The number of aryl methyl sites for hydroxylation is 1. The number of aliphatic carboxylic acids is 1. The zero-order valence-electron chi connectivity index (χ0n) is 15.5. The van der Waals surface area contributed by atoms with Crippen LogP contribution in [0.1, 0.15) is 30.0 Å². The van der Waals surface area contributed by atoms with E-state index in [1.807, 2.05) is 30.3 Å². The fraction of sp³-hybridized carbons (Fsp3) is 0.368. The van der Waals surface area contributed by atoms with Gasteiger partial charge in [0.05, 0.1) is 12.0 Å². The number of amides is 2. The number of β-lactam (4-membered cyclic amide) rings is 1. The van der Waals surface area contributed by atoms with E-state index in [2.05, 4.69) is 10.5 Å². The molecule has 3 heterocycles. The molecule has 146 valence electrons. The summed E-state index contributed by atoms with van der Waals surface area (Å²) in [6.07, 6.45) is 0. The predicted molar refractivity (Wildman–Crippen MR) is 99.0 cm³/mol. The Morgan fingerprint density at radius 1 is 1.29 bits per heavy atom. The quantitative estimate of drug-likeness (QED) is 0.746. The van der Waals surface area contributed by atoms with Gasteiger partial charge in [-0.1, -0.05) is 35.5 Å². The first-order chi connectivity index (χ1) is 13.2. The number of hydrogen-bond donors (Lipinski definition) is 1. The molecule has 2 fully saturated rings. The monoisotopic (exact) mass is 400 g/mol. The minimum Gasteiger partial charge on any atom is -0.548 e. The second-order valence-corrected chi connectivity index (χ2v) is 9.13. The van der Waals surface area contributed by atoms with E-state index in [1.54, 1.807) is 20.8 Å². The summed E-state index contributed by atoms with van der Waals surface area (Å²) >= 11 is 1.34. The molecular weight excluding hydrogens is 382 g/mol. The van der Waals surface area contributed by atoms with Gasteiger partial charge in [-0.25, -0.2) is 0 Å². The van der Waals surface area contributed by atoms with Crippen molar-refractivity contribution < 1.29 is 24.0 Å². The Morgan fingerprint density at radius 2 is 1.96 bits per heavy atom. The molecule has 2 saturated heterocycles. The smallest absolute Gasteiger partial charge is 0.257 e. The van der Waals surface area contributed by atoms with E-state index in [0.29, 0.717) is 11.5 Å². The van der Waals surface area contributed by atoms with E-state index in [4.69, 9.17) is 4.52 Å². The Kier molecular flexibility index (Phi) is 4.22. The highest BCUT2D eigenvalue weighted by Crippen LogP contribution is 2.50. The average molecular weight is 400 g/mol. The minimum atomic E-state index is -1.29. The maximum Gasteiger partial charge on any atom is 0.257 e. The van der Waals surface area contributed by atoms with Gasteiger partial charge in [-0.2, -0.15) is 0 Å². The van der Waals surface area contributed by atoms with Gasteiger partial charge in [0.1, 0.15) is 28.4 Å². The third-order valence-corrected chi connectivity index (χ3v) is 6.66. The van der Waals surface area contributed by atoms with Crippen LogP contribution >= 0.6 is 11.8 Å². The van der Waals surface area contributed by atoms with Gasteiger partial charge in [-0.05, 0) is 20.8 Å². The molecule has 2 aliphatic heterocycles. The number of rotatable bonds is 4. The number of nitrogens with zero attached hydrogens (tertiary/aromatic N) is 2. The van der Waals surface area contributed by atoms with Crippen molar-refractivity contribution in [3.05, 3.63) is 41.7 Å². The van der Waals surface area contributed by atoms with Crippen molar-refractivity contribution >= 4 is 29.5 Å². The number of aromatic nitrogens is 1. The number of carboxylic acid groups (broad SMARTS) is 1. The van der Waals surface area contributed by atoms with Gasteiger partial charge in [0.15, 0.2) is 0 Å². The molecule has 8 nitrogen and oxygen atoms in total. The molecular formula is C19H18N3O5S-. The number of fused-ring (bicyclic) bond motifs is 1. The Labute approximate surface area is 165 Å². The Morgan fingerprint density at radius 3 is 2.61 bits per heavy atom. The van der Waals surface area contributed by atoms with Crippen LogP contribution in [0.15, 0.2) is 34.9 Å². The second-order valence-electron chi connectivity index (χ2n) is 7.36. The van der Waals surface area contributed by atoms with Gasteiger partial charge in [0.2, 0.25) is 5.91 Å². The highest BCUT2D eigenvalue weighted by atomic mass is 32.2. The molecule has 3 unspecified atom stereocenters. The number of thioether (sulfide) groups is 1. The number of carbonyl (C=O) groups is 3. The van der Waals surface area contributed by atoms with E-state index in [-0.39, 0.29) is 5.56 Å². The molecule has 2 aliphatic rings. The summed E-state index contributed by atoms with van der Waals surface area (Å²) in [5.41, 5.74) is 1.38. The lowest BCUT2D eigenvalue weighted by atomic mass is 9.95. The lowest BCUT2D eigenvalue weighted by molar-refractivity contribution is -0.312. The van der Waals surface area contributed by atoms with Crippen molar-refractivity contribution in [3.8, 4) is 11.3 Å². The highest BCUT2D eigenvalue weighted by molar-refractivity contribution is 8.01. The largest absolute Gasteiger partial charge is 0.548 e.